The number of rotatable bonds is 0. The van der Waals surface area contributed by atoms with Gasteiger partial charge in [-0.2, -0.15) is 0 Å². The minimum Gasteiger partial charge on any atom is -0.462 e. The number of carbonyl (C=O) groups is 1. The van der Waals surface area contributed by atoms with Crippen molar-refractivity contribution in [3.05, 3.63) is 0 Å². The lowest BCUT2D eigenvalue weighted by Crippen LogP contribution is -2.28. The maximum atomic E-state index is 10.8. The zero-order valence-electron chi connectivity index (χ0n) is 5.46. The van der Waals surface area contributed by atoms with Crippen molar-refractivity contribution in [2.75, 3.05) is 0 Å². The smallest absolute Gasteiger partial charge is 0.309 e. The maximum absolute atomic E-state index is 10.8. The quantitative estimate of drug-likeness (QED) is 0.452. The molecule has 1 heterocycles. The SMILES string of the molecule is CC1OC(=O)C2CCC12. The van der Waals surface area contributed by atoms with Crippen molar-refractivity contribution in [3.8, 4) is 0 Å². The van der Waals surface area contributed by atoms with E-state index in [-0.39, 0.29) is 18.0 Å². The number of cyclic esters (lactones) is 1. The number of ether oxygens (including phenoxy) is 1. The molecule has 3 atom stereocenters. The Morgan fingerprint density at radius 3 is 2.56 bits per heavy atom. The van der Waals surface area contributed by atoms with E-state index in [1.807, 2.05) is 6.92 Å². The number of esters is 1. The molecule has 0 bridgehead atoms. The van der Waals surface area contributed by atoms with Gasteiger partial charge in [0.15, 0.2) is 0 Å². The van der Waals surface area contributed by atoms with Crippen LogP contribution in [0.5, 0.6) is 0 Å². The molecule has 0 aromatic carbocycles. The van der Waals surface area contributed by atoms with Crippen molar-refractivity contribution in [1.29, 1.82) is 0 Å². The van der Waals surface area contributed by atoms with E-state index in [1.165, 1.54) is 6.42 Å². The molecule has 2 nitrogen and oxygen atoms in total. The minimum atomic E-state index is 0.0405. The van der Waals surface area contributed by atoms with E-state index in [0.717, 1.165) is 6.42 Å². The highest BCUT2D eigenvalue weighted by molar-refractivity contribution is 5.76. The molecule has 0 aromatic rings. The van der Waals surface area contributed by atoms with E-state index in [9.17, 15) is 4.79 Å². The molecule has 2 rings (SSSR count). The molecule has 0 aromatic heterocycles. The van der Waals surface area contributed by atoms with E-state index >= 15 is 0 Å². The van der Waals surface area contributed by atoms with E-state index in [0.29, 0.717) is 5.92 Å². The Hall–Kier alpha value is -0.530. The predicted octanol–water partition coefficient (Wildman–Crippen LogP) is 0.958. The fraction of sp³-hybridized carbons (Fsp3) is 0.857. The fourth-order valence-electron chi connectivity index (χ4n) is 1.74. The van der Waals surface area contributed by atoms with E-state index in [1.54, 1.807) is 0 Å². The summed E-state index contributed by atoms with van der Waals surface area (Å²) in [4.78, 5) is 10.8. The number of hydrogen-bond donors (Lipinski definition) is 0. The van der Waals surface area contributed by atoms with Crippen LogP contribution in [-0.4, -0.2) is 12.1 Å². The summed E-state index contributed by atoms with van der Waals surface area (Å²) < 4.78 is 5.01. The molecule has 3 unspecified atom stereocenters. The topological polar surface area (TPSA) is 26.3 Å². The molecular weight excluding hydrogens is 116 g/mol. The van der Waals surface area contributed by atoms with E-state index < -0.39 is 0 Å². The summed E-state index contributed by atoms with van der Waals surface area (Å²) in [6.07, 6.45) is 2.46. The molecule has 2 fully saturated rings. The molecule has 9 heavy (non-hydrogen) atoms. The monoisotopic (exact) mass is 126 g/mol. The lowest BCUT2D eigenvalue weighted by Gasteiger charge is -2.27. The highest BCUT2D eigenvalue weighted by atomic mass is 16.6. The van der Waals surface area contributed by atoms with Gasteiger partial charge in [-0.05, 0) is 19.8 Å². The molecule has 1 saturated carbocycles. The van der Waals surface area contributed by atoms with Crippen LogP contribution in [0.1, 0.15) is 19.8 Å². The maximum Gasteiger partial charge on any atom is 0.309 e. The molecule has 1 aliphatic heterocycles. The number of carbonyl (C=O) groups excluding carboxylic acids is 1. The predicted molar refractivity (Wildman–Crippen MR) is 31.8 cm³/mol. The molecular formula is C7H10O2. The molecule has 0 amide bonds. The van der Waals surface area contributed by atoms with Crippen LogP contribution in [0.15, 0.2) is 0 Å². The summed E-state index contributed by atoms with van der Waals surface area (Å²) >= 11 is 0. The van der Waals surface area contributed by atoms with Crippen LogP contribution in [0.25, 0.3) is 0 Å². The fourth-order valence-corrected chi connectivity index (χ4v) is 1.74. The molecule has 1 aliphatic carbocycles. The van der Waals surface area contributed by atoms with Crippen molar-refractivity contribution in [2.24, 2.45) is 11.8 Å². The Balaban J connectivity index is 2.17. The van der Waals surface area contributed by atoms with Gasteiger partial charge >= 0.3 is 5.97 Å². The van der Waals surface area contributed by atoms with Gasteiger partial charge in [0, 0.05) is 5.92 Å². The molecule has 2 aliphatic rings. The normalized spacial score (nSPS) is 47.7. The average Bonchev–Trinajstić information content (AvgIpc) is 1.73. The molecule has 0 spiro atoms. The van der Waals surface area contributed by atoms with Gasteiger partial charge < -0.3 is 4.74 Å². The third-order valence-electron chi connectivity index (χ3n) is 2.54. The van der Waals surface area contributed by atoms with Crippen LogP contribution >= 0.6 is 0 Å². The summed E-state index contributed by atoms with van der Waals surface area (Å²) in [5.74, 6) is 0.885. The van der Waals surface area contributed by atoms with Gasteiger partial charge in [0.25, 0.3) is 0 Å². The van der Waals surface area contributed by atoms with Gasteiger partial charge in [-0.1, -0.05) is 0 Å². The first kappa shape index (κ1) is 5.27. The van der Waals surface area contributed by atoms with Crippen molar-refractivity contribution in [1.82, 2.24) is 0 Å². The zero-order valence-corrected chi connectivity index (χ0v) is 5.46. The highest BCUT2D eigenvalue weighted by Crippen LogP contribution is 2.43. The number of hydrogen-bond acceptors (Lipinski definition) is 2. The molecule has 1 saturated heterocycles. The summed E-state index contributed by atoms with van der Waals surface area (Å²) in [7, 11) is 0. The van der Waals surface area contributed by atoms with Gasteiger partial charge in [-0.3, -0.25) is 4.79 Å². The lowest BCUT2D eigenvalue weighted by atomic mass is 9.73. The van der Waals surface area contributed by atoms with Crippen molar-refractivity contribution in [3.63, 3.8) is 0 Å². The van der Waals surface area contributed by atoms with Crippen LogP contribution in [0.3, 0.4) is 0 Å². The Morgan fingerprint density at radius 2 is 2.33 bits per heavy atom. The van der Waals surface area contributed by atoms with Crippen LogP contribution in [0.4, 0.5) is 0 Å². The lowest BCUT2D eigenvalue weighted by molar-refractivity contribution is -0.144. The van der Waals surface area contributed by atoms with Crippen molar-refractivity contribution in [2.45, 2.75) is 25.9 Å². The average molecular weight is 126 g/mol. The van der Waals surface area contributed by atoms with Crippen LogP contribution in [0.2, 0.25) is 0 Å². The molecule has 2 heteroatoms. The van der Waals surface area contributed by atoms with Crippen molar-refractivity contribution >= 4 is 5.97 Å². The van der Waals surface area contributed by atoms with Crippen LogP contribution in [-0.2, 0) is 9.53 Å². The van der Waals surface area contributed by atoms with Gasteiger partial charge in [-0.25, -0.2) is 0 Å². The second kappa shape index (κ2) is 1.49. The summed E-state index contributed by atoms with van der Waals surface area (Å²) in [6.45, 7) is 1.99. The Bertz CT molecular complexity index is 153. The van der Waals surface area contributed by atoms with Crippen LogP contribution < -0.4 is 0 Å². The third-order valence-corrected chi connectivity index (χ3v) is 2.54. The largest absolute Gasteiger partial charge is 0.462 e. The Labute approximate surface area is 54.2 Å². The Morgan fingerprint density at radius 1 is 1.56 bits per heavy atom. The first-order valence-electron chi connectivity index (χ1n) is 3.49. The van der Waals surface area contributed by atoms with E-state index in [2.05, 4.69) is 0 Å². The summed E-state index contributed by atoms with van der Waals surface area (Å²) in [5, 5.41) is 0. The van der Waals surface area contributed by atoms with Gasteiger partial charge in [0.1, 0.15) is 6.10 Å². The standard InChI is InChI=1S/C7H10O2/c1-4-5-2-3-6(5)7(8)9-4/h4-6H,2-3H2,1H3. The minimum absolute atomic E-state index is 0.0405. The van der Waals surface area contributed by atoms with Crippen LogP contribution in [0, 0.1) is 11.8 Å². The first-order chi connectivity index (χ1) is 4.29. The molecule has 50 valence electrons. The van der Waals surface area contributed by atoms with E-state index in [4.69, 9.17) is 4.74 Å². The Kier molecular flexibility index (Phi) is 0.875. The molecule has 0 radical (unpaired) electrons. The highest BCUT2D eigenvalue weighted by Gasteiger charge is 2.48. The van der Waals surface area contributed by atoms with Gasteiger partial charge in [0.05, 0.1) is 5.92 Å². The summed E-state index contributed by atoms with van der Waals surface area (Å²) in [6, 6.07) is 0. The second-order valence-corrected chi connectivity index (χ2v) is 2.99. The third kappa shape index (κ3) is 0.533. The zero-order chi connectivity index (χ0) is 6.43. The van der Waals surface area contributed by atoms with Gasteiger partial charge in [0.2, 0.25) is 0 Å². The number of fused-ring (bicyclic) bond motifs is 1. The van der Waals surface area contributed by atoms with Gasteiger partial charge in [-0.15, -0.1) is 0 Å². The molecule has 0 N–H and O–H groups in total. The van der Waals surface area contributed by atoms with Crippen molar-refractivity contribution < 1.29 is 9.53 Å². The second-order valence-electron chi connectivity index (χ2n) is 2.99. The first-order valence-corrected chi connectivity index (χ1v) is 3.49. The summed E-state index contributed by atoms with van der Waals surface area (Å²) in [5.41, 5.74) is 0.